The van der Waals surface area contributed by atoms with Crippen LogP contribution in [-0.2, 0) is 0 Å². The molecule has 0 aliphatic rings. The van der Waals surface area contributed by atoms with E-state index < -0.39 is 0 Å². The average Bonchev–Trinajstić information content (AvgIpc) is 2.61. The van der Waals surface area contributed by atoms with Gasteiger partial charge in [-0.25, -0.2) is 4.39 Å². The van der Waals surface area contributed by atoms with Crippen LogP contribution in [0.4, 0.5) is 4.39 Å². The Morgan fingerprint density at radius 1 is 0.913 bits per heavy atom. The zero-order valence-corrected chi connectivity index (χ0v) is 13.0. The van der Waals surface area contributed by atoms with Crippen LogP contribution in [0.2, 0.25) is 0 Å². The van der Waals surface area contributed by atoms with E-state index in [2.05, 4.69) is 10.2 Å². The fourth-order valence-electron chi connectivity index (χ4n) is 2.02. The van der Waals surface area contributed by atoms with Gasteiger partial charge in [-0.2, -0.15) is 0 Å². The Labute approximate surface area is 137 Å². The first kappa shape index (κ1) is 15.4. The van der Waals surface area contributed by atoms with E-state index in [9.17, 15) is 9.18 Å². The van der Waals surface area contributed by atoms with E-state index in [0.29, 0.717) is 22.0 Å². The van der Waals surface area contributed by atoms with Gasteiger partial charge in [0.2, 0.25) is 0 Å². The number of carbonyl (C=O) groups excluding carboxylic acids is 1. The van der Waals surface area contributed by atoms with Crippen LogP contribution in [0.15, 0.2) is 71.8 Å². The van der Waals surface area contributed by atoms with Crippen LogP contribution in [0.3, 0.4) is 0 Å². The maximum atomic E-state index is 12.9. The van der Waals surface area contributed by atoms with E-state index in [1.54, 1.807) is 24.3 Å². The lowest BCUT2D eigenvalue weighted by Gasteiger charge is -2.03. The summed E-state index contributed by atoms with van der Waals surface area (Å²) in [5, 5.41) is 8.92. The lowest BCUT2D eigenvalue weighted by Crippen LogP contribution is -2.02. The number of hydrogen-bond donors (Lipinski definition) is 0. The molecule has 0 aliphatic carbocycles. The molecule has 0 spiro atoms. The van der Waals surface area contributed by atoms with Crippen molar-refractivity contribution in [2.24, 2.45) is 0 Å². The molecule has 1 aromatic heterocycles. The first-order valence-corrected chi connectivity index (χ1v) is 8.02. The van der Waals surface area contributed by atoms with Crippen molar-refractivity contribution in [3.8, 4) is 11.3 Å². The summed E-state index contributed by atoms with van der Waals surface area (Å²) in [6, 6.07) is 18.9. The highest BCUT2D eigenvalue weighted by molar-refractivity contribution is 7.99. The maximum Gasteiger partial charge on any atom is 0.173 e. The minimum Gasteiger partial charge on any atom is -0.293 e. The minimum absolute atomic E-state index is 0.0556. The van der Waals surface area contributed by atoms with Gasteiger partial charge in [-0.3, -0.25) is 4.79 Å². The maximum absolute atomic E-state index is 12.9. The van der Waals surface area contributed by atoms with Crippen molar-refractivity contribution in [2.45, 2.75) is 5.03 Å². The zero-order chi connectivity index (χ0) is 16.1. The molecule has 0 N–H and O–H groups in total. The molecule has 2 aromatic carbocycles. The molecule has 3 nitrogen and oxygen atoms in total. The fraction of sp³-hybridized carbons (Fsp3) is 0.0556. The number of thioether (sulfide) groups is 1. The van der Waals surface area contributed by atoms with Crippen molar-refractivity contribution in [3.63, 3.8) is 0 Å². The molecule has 23 heavy (non-hydrogen) atoms. The molecule has 0 saturated carbocycles. The van der Waals surface area contributed by atoms with Gasteiger partial charge in [-0.05, 0) is 36.4 Å². The molecule has 5 heteroatoms. The second-order valence-corrected chi connectivity index (χ2v) is 5.84. The van der Waals surface area contributed by atoms with Gasteiger partial charge in [0, 0.05) is 11.1 Å². The van der Waals surface area contributed by atoms with Crippen molar-refractivity contribution in [1.29, 1.82) is 0 Å². The van der Waals surface area contributed by atoms with Crippen molar-refractivity contribution >= 4 is 17.5 Å². The molecule has 3 rings (SSSR count). The van der Waals surface area contributed by atoms with Crippen LogP contribution >= 0.6 is 11.8 Å². The van der Waals surface area contributed by atoms with Crippen LogP contribution in [0.25, 0.3) is 11.3 Å². The summed E-state index contributed by atoms with van der Waals surface area (Å²) in [5.74, 6) is 0.0857. The largest absolute Gasteiger partial charge is 0.293 e. The number of Topliss-reactive ketones (excluding diaryl/α,β-unsaturated/α-hetero) is 1. The van der Waals surface area contributed by atoms with Crippen molar-refractivity contribution < 1.29 is 9.18 Å². The lowest BCUT2D eigenvalue weighted by molar-refractivity contribution is 0.102. The van der Waals surface area contributed by atoms with Gasteiger partial charge in [0.25, 0.3) is 0 Å². The molecule has 0 radical (unpaired) electrons. The molecule has 0 saturated heterocycles. The third-order valence-corrected chi connectivity index (χ3v) is 4.15. The number of benzene rings is 2. The molecule has 114 valence electrons. The van der Waals surface area contributed by atoms with Crippen molar-refractivity contribution in [1.82, 2.24) is 10.2 Å². The summed E-state index contributed by atoms with van der Waals surface area (Å²) in [6.45, 7) is 0. The van der Waals surface area contributed by atoms with Crippen LogP contribution in [0, 0.1) is 5.82 Å². The molecule has 0 aliphatic heterocycles. The number of ketones is 1. The molecule has 1 heterocycles. The quantitative estimate of drug-likeness (QED) is 0.519. The van der Waals surface area contributed by atoms with Crippen molar-refractivity contribution in [2.75, 3.05) is 5.75 Å². The Hall–Kier alpha value is -2.53. The Bertz CT molecular complexity index is 790. The number of carbonyl (C=O) groups is 1. The van der Waals surface area contributed by atoms with E-state index >= 15 is 0 Å². The lowest BCUT2D eigenvalue weighted by atomic mass is 10.1. The number of hydrogen-bond acceptors (Lipinski definition) is 4. The Kier molecular flexibility index (Phi) is 4.78. The van der Waals surface area contributed by atoms with Crippen LogP contribution < -0.4 is 0 Å². The minimum atomic E-state index is -0.284. The summed E-state index contributed by atoms with van der Waals surface area (Å²) in [6.07, 6.45) is 0. The van der Waals surface area contributed by atoms with Gasteiger partial charge in [0.1, 0.15) is 10.8 Å². The third kappa shape index (κ3) is 4.02. The monoisotopic (exact) mass is 324 g/mol. The number of halogens is 1. The third-order valence-electron chi connectivity index (χ3n) is 3.23. The molecule has 0 unspecified atom stereocenters. The summed E-state index contributed by atoms with van der Waals surface area (Å²) >= 11 is 1.35. The van der Waals surface area contributed by atoms with Gasteiger partial charge in [-0.15, -0.1) is 10.2 Å². The second kappa shape index (κ2) is 7.15. The molecule has 3 aromatic rings. The fourth-order valence-corrected chi connectivity index (χ4v) is 2.73. The highest BCUT2D eigenvalue weighted by atomic mass is 32.2. The zero-order valence-electron chi connectivity index (χ0n) is 12.1. The standard InChI is InChI=1S/C18H13FN2OS/c19-15-8-6-13(7-9-15)16-10-11-18(21-20-16)23-12-17(22)14-4-2-1-3-5-14/h1-11H,12H2. The first-order valence-electron chi connectivity index (χ1n) is 7.03. The predicted octanol–water partition coefficient (Wildman–Crippen LogP) is 4.26. The van der Waals surface area contributed by atoms with Gasteiger partial charge in [0.15, 0.2) is 5.78 Å². The second-order valence-electron chi connectivity index (χ2n) is 4.84. The Morgan fingerprint density at radius 3 is 2.30 bits per heavy atom. The highest BCUT2D eigenvalue weighted by Gasteiger charge is 2.07. The molecular weight excluding hydrogens is 311 g/mol. The summed E-state index contributed by atoms with van der Waals surface area (Å²) in [4.78, 5) is 12.0. The van der Waals surface area contributed by atoms with Gasteiger partial charge >= 0.3 is 0 Å². The number of nitrogens with zero attached hydrogens (tertiary/aromatic N) is 2. The molecule has 0 amide bonds. The molecule has 0 fully saturated rings. The van der Waals surface area contributed by atoms with Crippen LogP contribution in [0.5, 0.6) is 0 Å². The van der Waals surface area contributed by atoms with Gasteiger partial charge in [0.05, 0.1) is 11.4 Å². The topological polar surface area (TPSA) is 42.9 Å². The van der Waals surface area contributed by atoms with E-state index in [1.807, 2.05) is 30.3 Å². The highest BCUT2D eigenvalue weighted by Crippen LogP contribution is 2.20. The number of aromatic nitrogens is 2. The first-order chi connectivity index (χ1) is 11.2. The predicted molar refractivity (Wildman–Crippen MR) is 88.9 cm³/mol. The summed E-state index contributed by atoms with van der Waals surface area (Å²) in [5.41, 5.74) is 2.16. The normalized spacial score (nSPS) is 10.5. The Balaban J connectivity index is 1.64. The molecular formula is C18H13FN2OS. The Morgan fingerprint density at radius 2 is 1.65 bits per heavy atom. The smallest absolute Gasteiger partial charge is 0.173 e. The average molecular weight is 324 g/mol. The van der Waals surface area contributed by atoms with Crippen molar-refractivity contribution in [3.05, 3.63) is 78.1 Å². The van der Waals surface area contributed by atoms with E-state index in [4.69, 9.17) is 0 Å². The van der Waals surface area contributed by atoms with Gasteiger partial charge in [-0.1, -0.05) is 42.1 Å². The van der Waals surface area contributed by atoms with E-state index in [-0.39, 0.29) is 11.6 Å². The van der Waals surface area contributed by atoms with E-state index in [1.165, 1.54) is 23.9 Å². The SMILES string of the molecule is O=C(CSc1ccc(-c2ccc(F)cc2)nn1)c1ccccc1. The van der Waals surface area contributed by atoms with E-state index in [0.717, 1.165) is 5.56 Å². The summed E-state index contributed by atoms with van der Waals surface area (Å²) in [7, 11) is 0. The van der Waals surface area contributed by atoms with Gasteiger partial charge < -0.3 is 0 Å². The van der Waals surface area contributed by atoms with Crippen LogP contribution in [0.1, 0.15) is 10.4 Å². The van der Waals surface area contributed by atoms with Crippen LogP contribution in [-0.4, -0.2) is 21.7 Å². The summed E-state index contributed by atoms with van der Waals surface area (Å²) < 4.78 is 12.9. The number of rotatable bonds is 5. The molecule has 0 bridgehead atoms. The molecule has 0 atom stereocenters.